The molecule has 0 saturated heterocycles. The number of nitrogens with zero attached hydrogens (tertiary/aromatic N) is 1. The van der Waals surface area contributed by atoms with Crippen molar-refractivity contribution in [1.29, 1.82) is 0 Å². The lowest BCUT2D eigenvalue weighted by molar-refractivity contribution is -0.385. The lowest BCUT2D eigenvalue weighted by atomic mass is 10.0. The lowest BCUT2D eigenvalue weighted by Crippen LogP contribution is -2.44. The molecule has 0 bridgehead atoms. The number of hydrogen-bond donors (Lipinski definition) is 1. The summed E-state index contributed by atoms with van der Waals surface area (Å²) in [6.07, 6.45) is -0.0619. The number of nitrogens with one attached hydrogen (secondary N) is 1. The van der Waals surface area contributed by atoms with Crippen LogP contribution < -0.4 is 5.32 Å². The topological polar surface area (TPSA) is 117 Å². The fourth-order valence-corrected chi connectivity index (χ4v) is 1.96. The fourth-order valence-electron chi connectivity index (χ4n) is 1.96. The van der Waals surface area contributed by atoms with E-state index in [4.69, 9.17) is 9.47 Å². The van der Waals surface area contributed by atoms with E-state index in [2.05, 4.69) is 10.1 Å². The molecule has 132 valence electrons. The van der Waals surface area contributed by atoms with Crippen molar-refractivity contribution in [3.63, 3.8) is 0 Å². The zero-order chi connectivity index (χ0) is 17.9. The molecule has 9 heteroatoms. The average Bonchev–Trinajstić information content (AvgIpc) is 2.57. The average molecular weight is 340 g/mol. The Hall–Kier alpha value is -2.52. The molecule has 0 aliphatic heterocycles. The minimum absolute atomic E-state index is 0.0619. The molecule has 0 fully saturated rings. The first-order chi connectivity index (χ1) is 11.5. The zero-order valence-corrected chi connectivity index (χ0v) is 13.5. The predicted molar refractivity (Wildman–Crippen MR) is 83.4 cm³/mol. The van der Waals surface area contributed by atoms with E-state index in [0.29, 0.717) is 12.2 Å². The van der Waals surface area contributed by atoms with Crippen LogP contribution in [0, 0.1) is 10.1 Å². The van der Waals surface area contributed by atoms with Crippen molar-refractivity contribution in [2.75, 3.05) is 34.0 Å². The maximum Gasteiger partial charge on any atom is 0.328 e. The van der Waals surface area contributed by atoms with E-state index < -0.39 is 22.8 Å². The molecule has 1 rings (SSSR count). The molecule has 0 saturated carbocycles. The SMILES string of the molecule is COCCOCC(=O)N[C@H](Cc1ccccc1[N+](=O)[O-])C(=O)OC. The molecule has 0 aliphatic carbocycles. The summed E-state index contributed by atoms with van der Waals surface area (Å²) in [6, 6.07) is 4.95. The number of nitro benzene ring substituents is 1. The number of carbonyl (C=O) groups is 2. The van der Waals surface area contributed by atoms with Crippen molar-refractivity contribution < 1.29 is 28.7 Å². The van der Waals surface area contributed by atoms with Crippen LogP contribution in [0.15, 0.2) is 24.3 Å². The van der Waals surface area contributed by atoms with Gasteiger partial charge in [0.1, 0.15) is 12.6 Å². The van der Waals surface area contributed by atoms with Crippen LogP contribution in [0.1, 0.15) is 5.56 Å². The van der Waals surface area contributed by atoms with Gasteiger partial charge in [-0.2, -0.15) is 0 Å². The van der Waals surface area contributed by atoms with Crippen LogP contribution in [0.4, 0.5) is 5.69 Å². The summed E-state index contributed by atoms with van der Waals surface area (Å²) in [5.74, 6) is -1.22. The highest BCUT2D eigenvalue weighted by Crippen LogP contribution is 2.19. The van der Waals surface area contributed by atoms with Crippen molar-refractivity contribution in [1.82, 2.24) is 5.32 Å². The van der Waals surface area contributed by atoms with Gasteiger partial charge in [-0.25, -0.2) is 4.79 Å². The summed E-state index contributed by atoms with van der Waals surface area (Å²) in [5, 5.41) is 13.5. The van der Waals surface area contributed by atoms with Gasteiger partial charge < -0.3 is 19.5 Å². The maximum atomic E-state index is 11.8. The van der Waals surface area contributed by atoms with E-state index >= 15 is 0 Å². The van der Waals surface area contributed by atoms with Gasteiger partial charge in [0.25, 0.3) is 5.69 Å². The second-order valence-corrected chi connectivity index (χ2v) is 4.78. The molecule has 0 heterocycles. The molecule has 0 unspecified atom stereocenters. The summed E-state index contributed by atoms with van der Waals surface area (Å²) < 4.78 is 14.5. The molecule has 9 nitrogen and oxygen atoms in total. The largest absolute Gasteiger partial charge is 0.467 e. The number of nitro groups is 1. The van der Waals surface area contributed by atoms with Gasteiger partial charge in [-0.1, -0.05) is 18.2 Å². The molecular formula is C15H20N2O7. The lowest BCUT2D eigenvalue weighted by Gasteiger charge is -2.16. The van der Waals surface area contributed by atoms with Crippen LogP contribution in [-0.2, 0) is 30.2 Å². The van der Waals surface area contributed by atoms with E-state index in [1.807, 2.05) is 0 Å². The first kappa shape index (κ1) is 19.5. The van der Waals surface area contributed by atoms with Gasteiger partial charge in [0.05, 0.1) is 25.2 Å². The van der Waals surface area contributed by atoms with Crippen LogP contribution in [0.3, 0.4) is 0 Å². The molecule has 1 atom stereocenters. The quantitative estimate of drug-likeness (QED) is 0.284. The first-order valence-corrected chi connectivity index (χ1v) is 7.15. The molecule has 1 aromatic rings. The van der Waals surface area contributed by atoms with E-state index in [1.54, 1.807) is 6.07 Å². The van der Waals surface area contributed by atoms with Gasteiger partial charge in [-0.3, -0.25) is 14.9 Å². The fraction of sp³-hybridized carbons (Fsp3) is 0.467. The number of carbonyl (C=O) groups excluding carboxylic acids is 2. The standard InChI is InChI=1S/C15H20N2O7/c1-22-7-8-24-10-14(18)16-12(15(19)23-2)9-11-5-3-4-6-13(11)17(20)21/h3-6,12H,7-10H2,1-2H3,(H,16,18)/t12-/m1/s1. The van der Waals surface area contributed by atoms with Gasteiger partial charge >= 0.3 is 5.97 Å². The number of rotatable bonds is 10. The monoisotopic (exact) mass is 340 g/mol. The van der Waals surface area contributed by atoms with Gasteiger partial charge in [0.2, 0.25) is 5.91 Å². The molecule has 0 aliphatic rings. The smallest absolute Gasteiger partial charge is 0.328 e. The highest BCUT2D eigenvalue weighted by molar-refractivity contribution is 5.85. The van der Waals surface area contributed by atoms with Crippen LogP contribution in [0.25, 0.3) is 0 Å². The molecule has 0 spiro atoms. The van der Waals surface area contributed by atoms with Crippen LogP contribution >= 0.6 is 0 Å². The second kappa shape index (κ2) is 10.3. The summed E-state index contributed by atoms with van der Waals surface area (Å²) in [5.41, 5.74) is 0.190. The Balaban J connectivity index is 2.75. The summed E-state index contributed by atoms with van der Waals surface area (Å²) in [4.78, 5) is 34.2. The molecule has 1 amide bonds. The Kier molecular flexibility index (Phi) is 8.37. The van der Waals surface area contributed by atoms with Gasteiger partial charge in [0, 0.05) is 25.2 Å². The number of esters is 1. The second-order valence-electron chi connectivity index (χ2n) is 4.78. The number of amides is 1. The first-order valence-electron chi connectivity index (χ1n) is 7.15. The Labute approximate surface area is 139 Å². The maximum absolute atomic E-state index is 11.8. The van der Waals surface area contributed by atoms with Crippen molar-refractivity contribution in [2.24, 2.45) is 0 Å². The van der Waals surface area contributed by atoms with E-state index in [9.17, 15) is 19.7 Å². The molecular weight excluding hydrogens is 320 g/mol. The summed E-state index contributed by atoms with van der Waals surface area (Å²) in [7, 11) is 2.68. The van der Waals surface area contributed by atoms with Gasteiger partial charge in [-0.15, -0.1) is 0 Å². The molecule has 1 N–H and O–H groups in total. The highest BCUT2D eigenvalue weighted by atomic mass is 16.6. The van der Waals surface area contributed by atoms with Crippen molar-refractivity contribution >= 4 is 17.6 Å². The molecule has 0 aromatic heterocycles. The zero-order valence-electron chi connectivity index (χ0n) is 13.5. The minimum atomic E-state index is -1.05. The van der Waals surface area contributed by atoms with E-state index in [0.717, 1.165) is 0 Å². The molecule has 0 radical (unpaired) electrons. The van der Waals surface area contributed by atoms with E-state index in [-0.39, 0.29) is 25.3 Å². The molecule has 1 aromatic carbocycles. The third-order valence-electron chi connectivity index (χ3n) is 3.10. The third-order valence-corrected chi connectivity index (χ3v) is 3.10. The number of ether oxygens (including phenoxy) is 3. The molecule has 24 heavy (non-hydrogen) atoms. The van der Waals surface area contributed by atoms with Crippen LogP contribution in [0.5, 0.6) is 0 Å². The number of benzene rings is 1. The minimum Gasteiger partial charge on any atom is -0.467 e. The number of para-hydroxylation sites is 1. The van der Waals surface area contributed by atoms with Crippen molar-refractivity contribution in [3.05, 3.63) is 39.9 Å². The van der Waals surface area contributed by atoms with Crippen molar-refractivity contribution in [3.8, 4) is 0 Å². The highest BCUT2D eigenvalue weighted by Gasteiger charge is 2.25. The van der Waals surface area contributed by atoms with Crippen LogP contribution in [0.2, 0.25) is 0 Å². The summed E-state index contributed by atoms with van der Waals surface area (Å²) in [6.45, 7) is 0.314. The predicted octanol–water partition coefficient (Wildman–Crippen LogP) is 0.458. The Morgan fingerprint density at radius 2 is 1.96 bits per heavy atom. The Morgan fingerprint density at radius 3 is 2.58 bits per heavy atom. The van der Waals surface area contributed by atoms with Gasteiger partial charge in [0.15, 0.2) is 0 Å². The number of methoxy groups -OCH3 is 2. The van der Waals surface area contributed by atoms with Gasteiger partial charge in [-0.05, 0) is 0 Å². The Morgan fingerprint density at radius 1 is 1.25 bits per heavy atom. The number of hydrogen-bond acceptors (Lipinski definition) is 7. The van der Waals surface area contributed by atoms with E-state index in [1.165, 1.54) is 32.4 Å². The van der Waals surface area contributed by atoms with Crippen LogP contribution in [-0.4, -0.2) is 56.9 Å². The normalized spacial score (nSPS) is 11.6. The Bertz CT molecular complexity index is 577. The van der Waals surface area contributed by atoms with Crippen molar-refractivity contribution in [2.45, 2.75) is 12.5 Å². The summed E-state index contributed by atoms with van der Waals surface area (Å²) >= 11 is 0. The third kappa shape index (κ3) is 6.31.